The highest BCUT2D eigenvalue weighted by Gasteiger charge is 2.59. The lowest BCUT2D eigenvalue weighted by atomic mass is 9.69. The lowest BCUT2D eigenvalue weighted by molar-refractivity contribution is -0.0354. The zero-order valence-corrected chi connectivity index (χ0v) is 17.2. The van der Waals surface area contributed by atoms with E-state index in [1.807, 2.05) is 20.8 Å². The molecule has 3 aliphatic rings. The fourth-order valence-corrected chi connectivity index (χ4v) is 5.72. The van der Waals surface area contributed by atoms with Gasteiger partial charge in [0.25, 0.3) is 0 Å². The molecule has 5 atom stereocenters. The van der Waals surface area contributed by atoms with Gasteiger partial charge in [0, 0.05) is 23.5 Å². The van der Waals surface area contributed by atoms with Crippen LogP contribution in [0.3, 0.4) is 0 Å². The number of fused-ring (bicyclic) bond motifs is 1. The Kier molecular flexibility index (Phi) is 4.74. The molecule has 4 heteroatoms. The van der Waals surface area contributed by atoms with Crippen LogP contribution >= 0.6 is 0 Å². The maximum atomic E-state index is 13.4. The molecule has 27 heavy (non-hydrogen) atoms. The highest BCUT2D eigenvalue weighted by atomic mass is 16.6. The van der Waals surface area contributed by atoms with Gasteiger partial charge in [0.15, 0.2) is 0 Å². The molecule has 2 saturated heterocycles. The fourth-order valence-electron chi connectivity index (χ4n) is 5.72. The van der Waals surface area contributed by atoms with Gasteiger partial charge in [0.2, 0.25) is 0 Å². The number of hydrogen-bond donors (Lipinski definition) is 1. The SMILES string of the molecule is CC(C)(C)OC(=O)N1[C@@H](Cc2ccccc2)[C@@H]2C[C@@]3(C)C(CCCC[C@@H]13)N2. The first kappa shape index (κ1) is 18.8. The Labute approximate surface area is 163 Å². The zero-order chi connectivity index (χ0) is 19.2. The van der Waals surface area contributed by atoms with Gasteiger partial charge in [0.1, 0.15) is 5.60 Å². The first-order valence-corrected chi connectivity index (χ1v) is 10.6. The van der Waals surface area contributed by atoms with Crippen LogP contribution in [0.4, 0.5) is 4.79 Å². The molecule has 1 N–H and O–H groups in total. The normalized spacial score (nSPS) is 35.6. The second kappa shape index (κ2) is 6.80. The number of piperidine rings is 1. The Balaban J connectivity index is 1.70. The number of nitrogens with one attached hydrogen (secondary N) is 1. The van der Waals surface area contributed by atoms with Crippen molar-refractivity contribution >= 4 is 6.09 Å². The largest absolute Gasteiger partial charge is 0.444 e. The van der Waals surface area contributed by atoms with E-state index in [1.165, 1.54) is 31.2 Å². The van der Waals surface area contributed by atoms with Crippen molar-refractivity contribution in [2.24, 2.45) is 5.41 Å². The van der Waals surface area contributed by atoms with Crippen LogP contribution in [-0.4, -0.2) is 40.8 Å². The molecular weight excluding hydrogens is 336 g/mol. The summed E-state index contributed by atoms with van der Waals surface area (Å²) in [6.07, 6.45) is 6.68. The van der Waals surface area contributed by atoms with Gasteiger partial charge in [-0.05, 0) is 52.0 Å². The maximum Gasteiger partial charge on any atom is 0.410 e. The number of rotatable bonds is 2. The highest BCUT2D eigenvalue weighted by Crippen LogP contribution is 2.51. The molecule has 1 amide bonds. The minimum absolute atomic E-state index is 0.131. The molecule has 1 aliphatic carbocycles. The zero-order valence-electron chi connectivity index (χ0n) is 17.2. The number of hydrogen-bond acceptors (Lipinski definition) is 3. The molecule has 1 aromatic rings. The van der Waals surface area contributed by atoms with E-state index in [1.54, 1.807) is 0 Å². The maximum absolute atomic E-state index is 13.4. The molecule has 2 aliphatic heterocycles. The molecule has 4 nitrogen and oxygen atoms in total. The molecule has 2 heterocycles. The minimum atomic E-state index is -0.469. The van der Waals surface area contributed by atoms with Crippen molar-refractivity contribution in [2.45, 2.75) is 96.0 Å². The summed E-state index contributed by atoms with van der Waals surface area (Å²) >= 11 is 0. The van der Waals surface area contributed by atoms with Gasteiger partial charge in [0.05, 0.1) is 6.04 Å². The van der Waals surface area contributed by atoms with E-state index in [9.17, 15) is 4.79 Å². The average Bonchev–Trinajstić information content (AvgIpc) is 2.80. The van der Waals surface area contributed by atoms with Gasteiger partial charge in [-0.2, -0.15) is 0 Å². The van der Waals surface area contributed by atoms with Crippen LogP contribution in [0, 0.1) is 5.41 Å². The number of benzene rings is 1. The van der Waals surface area contributed by atoms with Gasteiger partial charge in [-0.1, -0.05) is 50.1 Å². The summed E-state index contributed by atoms with van der Waals surface area (Å²) in [4.78, 5) is 15.5. The van der Waals surface area contributed by atoms with Gasteiger partial charge < -0.3 is 10.1 Å². The van der Waals surface area contributed by atoms with E-state index in [0.29, 0.717) is 12.1 Å². The lowest BCUT2D eigenvalue weighted by Gasteiger charge is -2.50. The number of ether oxygens (including phenoxy) is 1. The molecular formula is C23H34N2O2. The predicted octanol–water partition coefficient (Wildman–Crippen LogP) is 4.53. The molecule has 1 aromatic carbocycles. The third kappa shape index (κ3) is 3.49. The van der Waals surface area contributed by atoms with E-state index in [2.05, 4.69) is 47.5 Å². The van der Waals surface area contributed by atoms with Crippen LogP contribution in [0.25, 0.3) is 0 Å². The van der Waals surface area contributed by atoms with Crippen LogP contribution in [0.5, 0.6) is 0 Å². The number of nitrogens with zero attached hydrogens (tertiary/aromatic N) is 1. The van der Waals surface area contributed by atoms with E-state index >= 15 is 0 Å². The van der Waals surface area contributed by atoms with Crippen molar-refractivity contribution in [1.29, 1.82) is 0 Å². The summed E-state index contributed by atoms with van der Waals surface area (Å²) in [7, 11) is 0. The molecule has 1 saturated carbocycles. The monoisotopic (exact) mass is 370 g/mol. The Morgan fingerprint density at radius 2 is 1.93 bits per heavy atom. The molecule has 0 radical (unpaired) electrons. The number of amides is 1. The van der Waals surface area contributed by atoms with E-state index in [4.69, 9.17) is 4.74 Å². The molecule has 148 valence electrons. The second-order valence-corrected chi connectivity index (χ2v) is 9.98. The van der Waals surface area contributed by atoms with E-state index < -0.39 is 5.60 Å². The van der Waals surface area contributed by atoms with Crippen LogP contribution in [0.1, 0.15) is 65.4 Å². The number of carbonyl (C=O) groups is 1. The smallest absolute Gasteiger partial charge is 0.410 e. The Morgan fingerprint density at radius 1 is 1.22 bits per heavy atom. The molecule has 0 spiro atoms. The summed E-state index contributed by atoms with van der Waals surface area (Å²) in [5.74, 6) is 0. The van der Waals surface area contributed by atoms with Crippen LogP contribution in [-0.2, 0) is 11.2 Å². The van der Waals surface area contributed by atoms with Crippen LogP contribution in [0.15, 0.2) is 30.3 Å². The van der Waals surface area contributed by atoms with Crippen molar-refractivity contribution in [2.75, 3.05) is 0 Å². The van der Waals surface area contributed by atoms with E-state index in [-0.39, 0.29) is 23.6 Å². The number of likely N-dealkylation sites (tertiary alicyclic amines) is 1. The second-order valence-electron chi connectivity index (χ2n) is 9.98. The van der Waals surface area contributed by atoms with Crippen LogP contribution < -0.4 is 5.32 Å². The van der Waals surface area contributed by atoms with Crippen molar-refractivity contribution < 1.29 is 9.53 Å². The molecule has 3 fully saturated rings. The molecule has 4 rings (SSSR count). The van der Waals surface area contributed by atoms with Crippen molar-refractivity contribution in [3.05, 3.63) is 35.9 Å². The quantitative estimate of drug-likeness (QED) is 0.832. The van der Waals surface area contributed by atoms with Gasteiger partial charge in [-0.3, -0.25) is 4.90 Å². The standard InChI is InChI=1S/C23H34N2O2/c1-22(2,3)27-21(26)25-18(14-16-10-6-5-7-11-16)17-15-23(4)19(24-17)12-8-9-13-20(23)25/h5-7,10-11,17-20,24H,8-9,12-15H2,1-4H3/t17-,18-,19?,20+,23-/m0/s1. The summed E-state index contributed by atoms with van der Waals surface area (Å²) in [5.41, 5.74) is 0.981. The predicted molar refractivity (Wildman–Crippen MR) is 108 cm³/mol. The van der Waals surface area contributed by atoms with Crippen molar-refractivity contribution in [3.8, 4) is 0 Å². The first-order chi connectivity index (χ1) is 12.8. The third-order valence-corrected chi connectivity index (χ3v) is 6.90. The summed E-state index contributed by atoms with van der Waals surface area (Å²) in [5, 5.41) is 3.93. The summed E-state index contributed by atoms with van der Waals surface area (Å²) < 4.78 is 5.91. The average molecular weight is 371 g/mol. The highest BCUT2D eigenvalue weighted by molar-refractivity contribution is 5.70. The molecule has 2 bridgehead atoms. The third-order valence-electron chi connectivity index (χ3n) is 6.90. The summed E-state index contributed by atoms with van der Waals surface area (Å²) in [6.45, 7) is 8.29. The van der Waals surface area contributed by atoms with Crippen LogP contribution in [0.2, 0.25) is 0 Å². The fraction of sp³-hybridized carbons (Fsp3) is 0.696. The van der Waals surface area contributed by atoms with Gasteiger partial charge in [-0.15, -0.1) is 0 Å². The Bertz CT molecular complexity index is 683. The van der Waals surface area contributed by atoms with Crippen molar-refractivity contribution in [3.63, 3.8) is 0 Å². The Hall–Kier alpha value is -1.55. The minimum Gasteiger partial charge on any atom is -0.444 e. The lowest BCUT2D eigenvalue weighted by Crippen LogP contribution is -2.62. The molecule has 0 aromatic heterocycles. The van der Waals surface area contributed by atoms with Gasteiger partial charge >= 0.3 is 6.09 Å². The van der Waals surface area contributed by atoms with Gasteiger partial charge in [-0.25, -0.2) is 4.79 Å². The van der Waals surface area contributed by atoms with Crippen molar-refractivity contribution in [1.82, 2.24) is 10.2 Å². The topological polar surface area (TPSA) is 41.6 Å². The first-order valence-electron chi connectivity index (χ1n) is 10.6. The molecule has 1 unspecified atom stereocenters. The summed E-state index contributed by atoms with van der Waals surface area (Å²) in [6, 6.07) is 11.9. The van der Waals surface area contributed by atoms with E-state index in [0.717, 1.165) is 12.8 Å². The number of carbonyl (C=O) groups excluding carboxylic acids is 1. The Morgan fingerprint density at radius 3 is 2.63 bits per heavy atom.